The molecular formula is C20H16BrClF3NO3. The molecule has 1 saturated heterocycles. The van der Waals surface area contributed by atoms with Crippen LogP contribution in [0.4, 0.5) is 13.2 Å². The Morgan fingerprint density at radius 3 is 2.24 bits per heavy atom. The number of alkyl halides is 3. The molecule has 1 fully saturated rings. The summed E-state index contributed by atoms with van der Waals surface area (Å²) in [5, 5.41) is 0.506. The van der Waals surface area contributed by atoms with Gasteiger partial charge in [0.2, 0.25) is 0 Å². The second-order valence-corrected chi connectivity index (χ2v) is 7.93. The van der Waals surface area contributed by atoms with Crippen molar-refractivity contribution in [3.8, 4) is 5.75 Å². The number of likely N-dealkylation sites (tertiary alicyclic amines) is 1. The van der Waals surface area contributed by atoms with Gasteiger partial charge in [-0.05, 0) is 71.2 Å². The summed E-state index contributed by atoms with van der Waals surface area (Å²) < 4.78 is 43.9. The van der Waals surface area contributed by atoms with E-state index in [1.165, 1.54) is 17.0 Å². The van der Waals surface area contributed by atoms with Gasteiger partial charge in [0.15, 0.2) is 0 Å². The van der Waals surface area contributed by atoms with Gasteiger partial charge in [-0.2, -0.15) is 13.2 Å². The van der Waals surface area contributed by atoms with E-state index in [1.54, 1.807) is 18.2 Å². The normalized spacial score (nSPS) is 15.3. The van der Waals surface area contributed by atoms with E-state index in [9.17, 15) is 22.8 Å². The van der Waals surface area contributed by atoms with Crippen LogP contribution in [0.3, 0.4) is 0 Å². The molecule has 2 aromatic carbocycles. The van der Waals surface area contributed by atoms with Gasteiger partial charge in [-0.15, -0.1) is 0 Å². The minimum Gasteiger partial charge on any atom is -0.425 e. The topological polar surface area (TPSA) is 46.6 Å². The second kappa shape index (κ2) is 8.75. The van der Waals surface area contributed by atoms with Crippen LogP contribution in [-0.4, -0.2) is 29.9 Å². The van der Waals surface area contributed by atoms with Crippen LogP contribution in [-0.2, 0) is 11.0 Å². The van der Waals surface area contributed by atoms with E-state index >= 15 is 0 Å². The van der Waals surface area contributed by atoms with E-state index in [0.717, 1.165) is 12.1 Å². The average molecular weight is 491 g/mol. The molecule has 0 aliphatic carbocycles. The molecule has 1 aliphatic rings. The molecular weight excluding hydrogens is 475 g/mol. The first-order chi connectivity index (χ1) is 13.6. The van der Waals surface area contributed by atoms with Gasteiger partial charge in [0.25, 0.3) is 5.91 Å². The summed E-state index contributed by atoms with van der Waals surface area (Å²) in [5.41, 5.74) is -0.618. The monoisotopic (exact) mass is 489 g/mol. The Kier molecular flexibility index (Phi) is 6.53. The lowest BCUT2D eigenvalue weighted by Gasteiger charge is -2.31. The summed E-state index contributed by atoms with van der Waals surface area (Å²) in [5.74, 6) is -0.752. The van der Waals surface area contributed by atoms with E-state index in [0.29, 0.717) is 41.2 Å². The van der Waals surface area contributed by atoms with Crippen LogP contribution in [0.25, 0.3) is 0 Å². The van der Waals surface area contributed by atoms with Crippen LogP contribution in [0.1, 0.15) is 28.8 Å². The van der Waals surface area contributed by atoms with Gasteiger partial charge in [0.1, 0.15) is 5.75 Å². The van der Waals surface area contributed by atoms with Crippen LogP contribution in [0.15, 0.2) is 46.9 Å². The largest absolute Gasteiger partial charge is 0.425 e. The fourth-order valence-corrected chi connectivity index (χ4v) is 3.82. The number of piperidine rings is 1. The molecule has 154 valence electrons. The zero-order valence-corrected chi connectivity index (χ0v) is 17.4. The SMILES string of the molecule is O=C(Oc1ccc(Cl)cc1Br)C1CCN(C(=O)c2ccc(C(F)(F)F)cc2)CC1. The van der Waals surface area contributed by atoms with Crippen LogP contribution >= 0.6 is 27.5 Å². The number of amides is 1. The molecule has 1 heterocycles. The van der Waals surface area contributed by atoms with Crippen molar-refractivity contribution in [3.05, 3.63) is 63.1 Å². The lowest BCUT2D eigenvalue weighted by Crippen LogP contribution is -2.41. The Balaban J connectivity index is 1.57. The number of hydrogen-bond acceptors (Lipinski definition) is 3. The fraction of sp³-hybridized carbons (Fsp3) is 0.300. The number of hydrogen-bond donors (Lipinski definition) is 0. The molecule has 0 spiro atoms. The maximum Gasteiger partial charge on any atom is 0.416 e. The molecule has 3 rings (SSSR count). The standard InChI is InChI=1S/C20H16BrClF3NO3/c21-16-11-15(22)5-6-17(16)29-19(28)13-7-9-26(10-8-13)18(27)12-1-3-14(4-2-12)20(23,24)25/h1-6,11,13H,7-10H2. The summed E-state index contributed by atoms with van der Waals surface area (Å²) in [6.07, 6.45) is -3.62. The number of carbonyl (C=O) groups excluding carboxylic acids is 2. The van der Waals surface area contributed by atoms with Gasteiger partial charge in [0.05, 0.1) is 16.0 Å². The zero-order valence-electron chi connectivity index (χ0n) is 15.0. The third-order valence-corrected chi connectivity index (χ3v) is 5.53. The van der Waals surface area contributed by atoms with Crippen molar-refractivity contribution in [1.29, 1.82) is 0 Å². The molecule has 2 aromatic rings. The van der Waals surface area contributed by atoms with Gasteiger partial charge >= 0.3 is 12.1 Å². The highest BCUT2D eigenvalue weighted by Crippen LogP contribution is 2.31. The van der Waals surface area contributed by atoms with Crippen molar-refractivity contribution in [1.82, 2.24) is 4.90 Å². The summed E-state index contributed by atoms with van der Waals surface area (Å²) in [7, 11) is 0. The molecule has 0 radical (unpaired) electrons. The number of esters is 1. The Hall–Kier alpha value is -2.06. The van der Waals surface area contributed by atoms with Crippen molar-refractivity contribution in [3.63, 3.8) is 0 Å². The summed E-state index contributed by atoms with van der Waals surface area (Å²) in [6, 6.07) is 8.94. The number of ether oxygens (including phenoxy) is 1. The molecule has 0 aromatic heterocycles. The molecule has 29 heavy (non-hydrogen) atoms. The van der Waals surface area contributed by atoms with Gasteiger partial charge in [0, 0.05) is 23.7 Å². The summed E-state index contributed by atoms with van der Waals surface area (Å²) >= 11 is 9.15. The van der Waals surface area contributed by atoms with E-state index in [4.69, 9.17) is 16.3 Å². The Labute approximate surface area is 178 Å². The number of rotatable bonds is 3. The quantitative estimate of drug-likeness (QED) is 0.417. The first kappa shape index (κ1) is 21.6. The maximum absolute atomic E-state index is 12.6. The van der Waals surface area contributed by atoms with Crippen molar-refractivity contribution in [2.45, 2.75) is 19.0 Å². The summed E-state index contributed by atoms with van der Waals surface area (Å²) in [6.45, 7) is 0.642. The Morgan fingerprint density at radius 1 is 1.07 bits per heavy atom. The third kappa shape index (κ3) is 5.30. The van der Waals surface area contributed by atoms with Crippen LogP contribution in [0.2, 0.25) is 5.02 Å². The molecule has 1 amide bonds. The Bertz CT molecular complexity index is 910. The van der Waals surface area contributed by atoms with E-state index in [2.05, 4.69) is 15.9 Å². The van der Waals surface area contributed by atoms with Crippen molar-refractivity contribution >= 4 is 39.4 Å². The smallest absolute Gasteiger partial charge is 0.416 e. The number of benzene rings is 2. The highest BCUT2D eigenvalue weighted by Gasteiger charge is 2.32. The van der Waals surface area contributed by atoms with Gasteiger partial charge < -0.3 is 9.64 Å². The van der Waals surface area contributed by atoms with Crippen LogP contribution in [0, 0.1) is 5.92 Å². The number of carbonyl (C=O) groups is 2. The van der Waals surface area contributed by atoms with E-state index in [-0.39, 0.29) is 17.4 Å². The molecule has 0 saturated carbocycles. The average Bonchev–Trinajstić information content (AvgIpc) is 2.69. The maximum atomic E-state index is 12.6. The summed E-state index contributed by atoms with van der Waals surface area (Å²) in [4.78, 5) is 26.4. The molecule has 4 nitrogen and oxygen atoms in total. The van der Waals surface area contributed by atoms with Crippen LogP contribution in [0.5, 0.6) is 5.75 Å². The molecule has 0 N–H and O–H groups in total. The second-order valence-electron chi connectivity index (χ2n) is 6.64. The number of nitrogens with zero attached hydrogens (tertiary/aromatic N) is 1. The van der Waals surface area contributed by atoms with Gasteiger partial charge in [-0.3, -0.25) is 9.59 Å². The van der Waals surface area contributed by atoms with Crippen molar-refractivity contribution in [2.75, 3.05) is 13.1 Å². The Morgan fingerprint density at radius 2 is 1.69 bits per heavy atom. The van der Waals surface area contributed by atoms with Crippen molar-refractivity contribution < 1.29 is 27.5 Å². The van der Waals surface area contributed by atoms with E-state index in [1.807, 2.05) is 0 Å². The predicted molar refractivity (Wildman–Crippen MR) is 105 cm³/mol. The van der Waals surface area contributed by atoms with Gasteiger partial charge in [-0.25, -0.2) is 0 Å². The minimum absolute atomic E-state index is 0.184. The molecule has 9 heteroatoms. The molecule has 0 unspecified atom stereocenters. The highest BCUT2D eigenvalue weighted by molar-refractivity contribution is 9.10. The first-order valence-electron chi connectivity index (χ1n) is 8.78. The number of halogens is 5. The molecule has 1 aliphatic heterocycles. The molecule has 0 atom stereocenters. The lowest BCUT2D eigenvalue weighted by molar-refractivity contribution is -0.140. The predicted octanol–water partition coefficient (Wildman–Crippen LogP) is 5.58. The third-order valence-electron chi connectivity index (χ3n) is 4.68. The van der Waals surface area contributed by atoms with E-state index < -0.39 is 17.7 Å². The minimum atomic E-state index is -4.45. The molecule has 0 bridgehead atoms. The van der Waals surface area contributed by atoms with Crippen molar-refractivity contribution in [2.24, 2.45) is 5.92 Å². The first-order valence-corrected chi connectivity index (χ1v) is 9.95. The van der Waals surface area contributed by atoms with Crippen LogP contribution < -0.4 is 4.74 Å². The highest BCUT2D eigenvalue weighted by atomic mass is 79.9. The zero-order chi connectivity index (χ0) is 21.2. The lowest BCUT2D eigenvalue weighted by atomic mass is 9.96. The fourth-order valence-electron chi connectivity index (χ4n) is 3.05. The van der Waals surface area contributed by atoms with Gasteiger partial charge in [-0.1, -0.05) is 11.6 Å².